The molecule has 1 amide bonds. The molecule has 0 spiro atoms. The fourth-order valence-corrected chi connectivity index (χ4v) is 2.91. The fraction of sp³-hybridized carbons (Fsp3) is 0.150. The highest BCUT2D eigenvalue weighted by atomic mass is 35.5. The van der Waals surface area contributed by atoms with E-state index in [1.54, 1.807) is 18.3 Å². The number of H-pyrrole nitrogens is 1. The summed E-state index contributed by atoms with van der Waals surface area (Å²) in [5, 5.41) is 5.50. The number of rotatable bonds is 7. The number of halogens is 4. The molecule has 0 aliphatic rings. The minimum atomic E-state index is -4.64. The number of nitrogens with one attached hydrogen (secondary N) is 3. The molecule has 2 aromatic carbocycles. The molecule has 1 aromatic heterocycles. The Labute approximate surface area is 175 Å². The number of aromatic amines is 1. The quantitative estimate of drug-likeness (QED) is 0.367. The Morgan fingerprint density at radius 3 is 2.73 bits per heavy atom. The summed E-state index contributed by atoms with van der Waals surface area (Å²) in [4.78, 5) is 22.7. The van der Waals surface area contributed by atoms with E-state index in [0.717, 1.165) is 12.0 Å². The van der Waals surface area contributed by atoms with Gasteiger partial charge in [-0.05, 0) is 30.3 Å². The van der Waals surface area contributed by atoms with Gasteiger partial charge in [0.1, 0.15) is 5.56 Å². The zero-order valence-electron chi connectivity index (χ0n) is 15.5. The van der Waals surface area contributed by atoms with Crippen LogP contribution in [0, 0.1) is 0 Å². The third-order valence-corrected chi connectivity index (χ3v) is 4.31. The molecule has 0 aliphatic carbocycles. The van der Waals surface area contributed by atoms with Gasteiger partial charge in [0.25, 0.3) is 5.91 Å². The van der Waals surface area contributed by atoms with Gasteiger partial charge in [0.05, 0.1) is 18.4 Å². The first-order chi connectivity index (χ1) is 14.3. The second kappa shape index (κ2) is 9.45. The summed E-state index contributed by atoms with van der Waals surface area (Å²) in [6.45, 7) is 0.268. The maximum absolute atomic E-state index is 13.7. The highest BCUT2D eigenvalue weighted by Crippen LogP contribution is 2.41. The van der Waals surface area contributed by atoms with Gasteiger partial charge in [-0.1, -0.05) is 23.7 Å². The van der Waals surface area contributed by atoms with Crippen molar-refractivity contribution in [2.45, 2.75) is 12.6 Å². The lowest BCUT2D eigenvalue weighted by atomic mass is 10.1. The lowest BCUT2D eigenvalue weighted by molar-refractivity contribution is -0.136. The van der Waals surface area contributed by atoms with Gasteiger partial charge in [-0.2, -0.15) is 13.2 Å². The second-order valence-electron chi connectivity index (χ2n) is 6.19. The van der Waals surface area contributed by atoms with Crippen LogP contribution in [0.3, 0.4) is 0 Å². The van der Waals surface area contributed by atoms with Crippen LogP contribution in [-0.4, -0.2) is 28.8 Å². The van der Waals surface area contributed by atoms with Gasteiger partial charge in [0.2, 0.25) is 0 Å². The van der Waals surface area contributed by atoms with E-state index in [1.165, 1.54) is 36.7 Å². The van der Waals surface area contributed by atoms with Gasteiger partial charge < -0.3 is 15.6 Å². The first-order valence-corrected chi connectivity index (χ1v) is 9.22. The van der Waals surface area contributed by atoms with Crippen molar-refractivity contribution >= 4 is 35.2 Å². The number of aliphatic imine (C=N–C) groups is 1. The van der Waals surface area contributed by atoms with Gasteiger partial charge in [-0.25, -0.2) is 9.98 Å². The van der Waals surface area contributed by atoms with Gasteiger partial charge in [-0.15, -0.1) is 0 Å². The molecule has 156 valence electrons. The average molecular weight is 436 g/mol. The summed E-state index contributed by atoms with van der Waals surface area (Å²) in [5.74, 6) is -0.538. The molecule has 3 aromatic rings. The predicted octanol–water partition coefficient (Wildman–Crippen LogP) is 4.83. The minimum absolute atomic E-state index is 0.0992. The number of alkyl halides is 3. The van der Waals surface area contributed by atoms with Gasteiger partial charge in [0, 0.05) is 41.1 Å². The van der Waals surface area contributed by atoms with E-state index in [4.69, 9.17) is 11.6 Å². The van der Waals surface area contributed by atoms with E-state index in [0.29, 0.717) is 11.4 Å². The first-order valence-electron chi connectivity index (χ1n) is 8.85. The maximum Gasteiger partial charge on any atom is 0.420 e. The van der Waals surface area contributed by atoms with Crippen molar-refractivity contribution in [1.82, 2.24) is 15.3 Å². The Hall–Kier alpha value is -3.33. The molecule has 0 radical (unpaired) electrons. The summed E-state index contributed by atoms with van der Waals surface area (Å²) in [6.07, 6.45) is -0.122. The number of benzene rings is 2. The SMILES string of the molecule is O=C(NC=Nc1cccc(NCCc2cnc[nH]2)c1C(F)(F)F)c1cccc(Cl)c1. The van der Waals surface area contributed by atoms with Crippen molar-refractivity contribution in [3.8, 4) is 0 Å². The number of imidazole rings is 1. The predicted molar refractivity (Wildman–Crippen MR) is 109 cm³/mol. The Morgan fingerprint density at radius 1 is 1.23 bits per heavy atom. The molecule has 0 unspecified atom stereocenters. The van der Waals surface area contributed by atoms with Crippen LogP contribution in [0.5, 0.6) is 0 Å². The summed E-state index contributed by atoms with van der Waals surface area (Å²) >= 11 is 5.83. The van der Waals surface area contributed by atoms with Crippen molar-refractivity contribution in [1.29, 1.82) is 0 Å². The number of aromatic nitrogens is 2. The lowest BCUT2D eigenvalue weighted by Crippen LogP contribution is -2.21. The summed E-state index contributed by atoms with van der Waals surface area (Å²) in [5.41, 5.74) is -0.269. The standard InChI is InChI=1S/C20H17ClF3N5O/c21-14-4-1-3-13(9-14)19(30)29-12-28-17-6-2-5-16(18(17)20(22,23)24)26-8-7-15-10-25-11-27-15/h1-6,9-12,26H,7-8H2,(H,25,27)(H,28,29,30). The Bertz CT molecular complexity index is 1040. The van der Waals surface area contributed by atoms with E-state index in [-0.39, 0.29) is 23.5 Å². The van der Waals surface area contributed by atoms with Gasteiger partial charge in [0.15, 0.2) is 0 Å². The number of hydrogen-bond acceptors (Lipinski definition) is 4. The molecule has 0 saturated carbocycles. The highest BCUT2D eigenvalue weighted by Gasteiger charge is 2.36. The number of carbonyl (C=O) groups is 1. The molecule has 3 rings (SSSR count). The van der Waals surface area contributed by atoms with E-state index >= 15 is 0 Å². The largest absolute Gasteiger partial charge is 0.420 e. The third-order valence-electron chi connectivity index (χ3n) is 4.08. The molecular formula is C20H17ClF3N5O. The Balaban J connectivity index is 1.74. The van der Waals surface area contributed by atoms with Crippen molar-refractivity contribution < 1.29 is 18.0 Å². The molecule has 0 aliphatic heterocycles. The summed E-state index contributed by atoms with van der Waals surface area (Å²) in [7, 11) is 0. The molecule has 0 bridgehead atoms. The number of nitrogens with zero attached hydrogens (tertiary/aromatic N) is 2. The zero-order chi connectivity index (χ0) is 21.6. The minimum Gasteiger partial charge on any atom is -0.384 e. The summed E-state index contributed by atoms with van der Waals surface area (Å²) in [6, 6.07) is 10.2. The van der Waals surface area contributed by atoms with E-state index < -0.39 is 17.6 Å². The van der Waals surface area contributed by atoms with Crippen LogP contribution in [0.15, 0.2) is 60.0 Å². The van der Waals surface area contributed by atoms with E-state index in [1.807, 2.05) is 0 Å². The molecule has 1 heterocycles. The molecule has 0 fully saturated rings. The molecule has 30 heavy (non-hydrogen) atoms. The van der Waals surface area contributed by atoms with Crippen molar-refractivity contribution in [3.63, 3.8) is 0 Å². The fourth-order valence-electron chi connectivity index (χ4n) is 2.72. The molecule has 6 nitrogen and oxygen atoms in total. The molecule has 3 N–H and O–H groups in total. The van der Waals surface area contributed by atoms with Crippen LogP contribution in [0.2, 0.25) is 5.02 Å². The molecule has 0 saturated heterocycles. The monoisotopic (exact) mass is 435 g/mol. The topological polar surface area (TPSA) is 82.2 Å². The number of anilines is 1. The van der Waals surface area contributed by atoms with Crippen LogP contribution < -0.4 is 10.6 Å². The lowest BCUT2D eigenvalue weighted by Gasteiger charge is -2.16. The van der Waals surface area contributed by atoms with Crippen LogP contribution in [-0.2, 0) is 12.6 Å². The van der Waals surface area contributed by atoms with Crippen LogP contribution in [0.25, 0.3) is 0 Å². The summed E-state index contributed by atoms with van der Waals surface area (Å²) < 4.78 is 41.0. The Kier molecular flexibility index (Phi) is 6.73. The van der Waals surface area contributed by atoms with Crippen molar-refractivity contribution in [3.05, 3.63) is 76.8 Å². The van der Waals surface area contributed by atoms with Crippen molar-refractivity contribution in [2.24, 2.45) is 4.99 Å². The number of hydrogen-bond donors (Lipinski definition) is 3. The van der Waals surface area contributed by atoms with Crippen molar-refractivity contribution in [2.75, 3.05) is 11.9 Å². The second-order valence-corrected chi connectivity index (χ2v) is 6.63. The first kappa shape index (κ1) is 21.4. The normalized spacial score (nSPS) is 11.6. The number of carbonyl (C=O) groups excluding carboxylic acids is 1. The van der Waals surface area contributed by atoms with Crippen LogP contribution in [0.1, 0.15) is 21.6 Å². The van der Waals surface area contributed by atoms with Crippen LogP contribution >= 0.6 is 11.6 Å². The molecule has 0 atom stereocenters. The van der Waals surface area contributed by atoms with E-state index in [2.05, 4.69) is 25.6 Å². The van der Waals surface area contributed by atoms with Gasteiger partial charge >= 0.3 is 6.18 Å². The third kappa shape index (κ3) is 5.60. The smallest absolute Gasteiger partial charge is 0.384 e. The van der Waals surface area contributed by atoms with Crippen LogP contribution in [0.4, 0.5) is 24.5 Å². The Morgan fingerprint density at radius 2 is 2.03 bits per heavy atom. The van der Waals surface area contributed by atoms with Gasteiger partial charge in [-0.3, -0.25) is 4.79 Å². The maximum atomic E-state index is 13.7. The number of amides is 1. The highest BCUT2D eigenvalue weighted by molar-refractivity contribution is 6.31. The van der Waals surface area contributed by atoms with E-state index in [9.17, 15) is 18.0 Å². The average Bonchev–Trinajstić information content (AvgIpc) is 3.20. The molecular weight excluding hydrogens is 419 g/mol. The molecule has 10 heteroatoms. The zero-order valence-corrected chi connectivity index (χ0v) is 16.3.